The van der Waals surface area contributed by atoms with Crippen molar-refractivity contribution in [2.75, 3.05) is 19.6 Å². The Morgan fingerprint density at radius 3 is 2.58 bits per heavy atom. The third kappa shape index (κ3) is 4.41. The lowest BCUT2D eigenvalue weighted by atomic mass is 9.95. The Hall–Kier alpha value is -4.21. The van der Waals surface area contributed by atoms with Crippen LogP contribution in [0.5, 0.6) is 0 Å². The van der Waals surface area contributed by atoms with Crippen LogP contribution in [0.2, 0.25) is 0 Å². The largest absolute Gasteiger partial charge is 0.357 e. The van der Waals surface area contributed by atoms with E-state index >= 15 is 0 Å². The molecule has 36 heavy (non-hydrogen) atoms. The summed E-state index contributed by atoms with van der Waals surface area (Å²) in [4.78, 5) is 44.4. The molecular formula is C26H27FN6O3. The van der Waals surface area contributed by atoms with Crippen LogP contribution in [0.15, 0.2) is 55.3 Å². The average Bonchev–Trinajstić information content (AvgIpc) is 3.50. The Morgan fingerprint density at radius 1 is 1.17 bits per heavy atom. The topological polar surface area (TPSA) is 103 Å². The number of fused-ring (bicyclic) bond motifs is 1. The van der Waals surface area contributed by atoms with Gasteiger partial charge in [-0.1, -0.05) is 25.6 Å². The summed E-state index contributed by atoms with van der Waals surface area (Å²) >= 11 is 0. The number of rotatable bonds is 6. The molecule has 0 radical (unpaired) electrons. The highest BCUT2D eigenvalue weighted by Gasteiger charge is 2.36. The molecule has 2 aromatic heterocycles. The van der Waals surface area contributed by atoms with Crippen molar-refractivity contribution in [2.24, 2.45) is 0 Å². The van der Waals surface area contributed by atoms with Gasteiger partial charge in [0.2, 0.25) is 5.91 Å². The summed E-state index contributed by atoms with van der Waals surface area (Å²) in [7, 11) is 0. The molecule has 9 nitrogen and oxygen atoms in total. The summed E-state index contributed by atoms with van der Waals surface area (Å²) in [6, 6.07) is 9.48. The first kappa shape index (κ1) is 23.5. The van der Waals surface area contributed by atoms with Gasteiger partial charge in [0.15, 0.2) is 5.69 Å². The molecule has 3 amide bonds. The average molecular weight is 491 g/mol. The lowest BCUT2D eigenvalue weighted by Crippen LogP contribution is -2.60. The van der Waals surface area contributed by atoms with Gasteiger partial charge in [-0.2, -0.15) is 5.10 Å². The number of aromatic nitrogens is 3. The first-order valence-electron chi connectivity index (χ1n) is 11.8. The molecule has 2 aliphatic rings. The maximum Gasteiger partial charge on any atom is 0.272 e. The summed E-state index contributed by atoms with van der Waals surface area (Å²) in [5.41, 5.74) is 3.18. The number of aromatic amines is 1. The van der Waals surface area contributed by atoms with E-state index in [1.54, 1.807) is 44.9 Å². The van der Waals surface area contributed by atoms with Crippen molar-refractivity contribution in [3.63, 3.8) is 0 Å². The monoisotopic (exact) mass is 490 g/mol. The minimum atomic E-state index is -0.346. The predicted octanol–water partition coefficient (Wildman–Crippen LogP) is 2.28. The van der Waals surface area contributed by atoms with Gasteiger partial charge in [-0.3, -0.25) is 19.1 Å². The summed E-state index contributed by atoms with van der Waals surface area (Å²) in [6.45, 7) is 7.39. The molecule has 2 N–H and O–H groups in total. The van der Waals surface area contributed by atoms with Crippen molar-refractivity contribution >= 4 is 17.7 Å². The summed E-state index contributed by atoms with van der Waals surface area (Å²) in [5, 5.41) is 7.63. The van der Waals surface area contributed by atoms with Crippen LogP contribution in [-0.2, 0) is 17.9 Å². The molecule has 1 aromatic carbocycles. The maximum absolute atomic E-state index is 13.4. The van der Waals surface area contributed by atoms with Crippen molar-refractivity contribution in [3.8, 4) is 0 Å². The number of amides is 3. The zero-order valence-electron chi connectivity index (χ0n) is 19.9. The fraction of sp³-hybridized carbons (Fsp3) is 0.308. The number of likely N-dealkylation sites (tertiary alicyclic amines) is 1. The molecule has 186 valence electrons. The molecule has 3 aromatic rings. The Labute approximate surface area is 207 Å². The van der Waals surface area contributed by atoms with E-state index in [0.29, 0.717) is 37.4 Å². The van der Waals surface area contributed by atoms with E-state index in [9.17, 15) is 18.8 Å². The van der Waals surface area contributed by atoms with Crippen molar-refractivity contribution in [1.82, 2.24) is 29.9 Å². The zero-order chi connectivity index (χ0) is 25.4. The highest BCUT2D eigenvalue weighted by Crippen LogP contribution is 2.32. The van der Waals surface area contributed by atoms with Gasteiger partial charge >= 0.3 is 0 Å². The van der Waals surface area contributed by atoms with E-state index in [1.807, 2.05) is 6.92 Å². The van der Waals surface area contributed by atoms with Crippen LogP contribution in [0.4, 0.5) is 4.39 Å². The molecule has 0 unspecified atom stereocenters. The highest BCUT2D eigenvalue weighted by molar-refractivity contribution is 5.96. The van der Waals surface area contributed by atoms with E-state index in [2.05, 4.69) is 22.0 Å². The second-order valence-corrected chi connectivity index (χ2v) is 9.28. The maximum atomic E-state index is 13.4. The van der Waals surface area contributed by atoms with E-state index in [4.69, 9.17) is 0 Å². The number of nitrogens with zero attached hydrogens (tertiary/aromatic N) is 4. The molecular weight excluding hydrogens is 463 g/mol. The summed E-state index contributed by atoms with van der Waals surface area (Å²) in [6.07, 6.45) is 2.95. The van der Waals surface area contributed by atoms with Gasteiger partial charge in [-0.05, 0) is 35.9 Å². The van der Waals surface area contributed by atoms with E-state index in [1.165, 1.54) is 18.2 Å². The lowest BCUT2D eigenvalue weighted by molar-refractivity contribution is -0.130. The summed E-state index contributed by atoms with van der Waals surface area (Å²) < 4.78 is 15.2. The number of hydrogen-bond acceptors (Lipinski definition) is 4. The molecule has 1 atom stereocenters. The quantitative estimate of drug-likeness (QED) is 0.518. The van der Waals surface area contributed by atoms with Crippen LogP contribution in [0, 0.1) is 5.82 Å². The fourth-order valence-electron chi connectivity index (χ4n) is 4.88. The Balaban J connectivity index is 1.43. The standard InChI is InChI=1S/C26H27FN6O3/c1-3-22(34)31-13-19(14-31)29-25(35)23-20-15-32(26(36)21-5-4-10-28-21)11-16(2)24(20)33(30-23)12-17-6-8-18(27)9-7-17/h3-10,16,19,28H,1,11-15H2,2H3,(H,29,35)/t16-/m1/s1. The van der Waals surface area contributed by atoms with Crippen LogP contribution < -0.4 is 5.32 Å². The van der Waals surface area contributed by atoms with Crippen LogP contribution in [-0.4, -0.2) is 68.0 Å². The molecule has 1 saturated heterocycles. The number of benzene rings is 1. The van der Waals surface area contributed by atoms with Crippen molar-refractivity contribution in [3.05, 3.63) is 89.3 Å². The van der Waals surface area contributed by atoms with E-state index < -0.39 is 0 Å². The third-order valence-corrected chi connectivity index (χ3v) is 6.68. The molecule has 4 heterocycles. The van der Waals surface area contributed by atoms with Gasteiger partial charge in [0.25, 0.3) is 11.8 Å². The van der Waals surface area contributed by atoms with Crippen LogP contribution in [0.3, 0.4) is 0 Å². The van der Waals surface area contributed by atoms with E-state index in [0.717, 1.165) is 11.3 Å². The lowest BCUT2D eigenvalue weighted by Gasteiger charge is -2.38. The Bertz CT molecular complexity index is 1310. The van der Waals surface area contributed by atoms with Gasteiger partial charge in [0.05, 0.1) is 19.1 Å². The molecule has 0 aliphatic carbocycles. The minimum absolute atomic E-state index is 0.0773. The van der Waals surface area contributed by atoms with Crippen LogP contribution >= 0.6 is 0 Å². The smallest absolute Gasteiger partial charge is 0.272 e. The first-order valence-corrected chi connectivity index (χ1v) is 11.8. The molecule has 2 aliphatic heterocycles. The minimum Gasteiger partial charge on any atom is -0.357 e. The molecule has 1 fully saturated rings. The van der Waals surface area contributed by atoms with Crippen LogP contribution in [0.25, 0.3) is 0 Å². The van der Waals surface area contributed by atoms with Gasteiger partial charge in [0, 0.05) is 43.0 Å². The SMILES string of the molecule is C=CC(=O)N1CC(NC(=O)c2nn(Cc3ccc(F)cc3)c3c2CN(C(=O)c2ccc[nH]2)C[C@H]3C)C1. The Kier molecular flexibility index (Phi) is 6.17. The molecule has 0 bridgehead atoms. The highest BCUT2D eigenvalue weighted by atomic mass is 19.1. The van der Waals surface area contributed by atoms with Gasteiger partial charge in [-0.15, -0.1) is 0 Å². The number of carbonyl (C=O) groups excluding carboxylic acids is 3. The first-order chi connectivity index (χ1) is 17.3. The number of H-pyrrole nitrogens is 1. The third-order valence-electron chi connectivity index (χ3n) is 6.68. The normalized spacial score (nSPS) is 17.3. The molecule has 0 saturated carbocycles. The second kappa shape index (κ2) is 9.44. The number of nitrogens with one attached hydrogen (secondary N) is 2. The number of hydrogen-bond donors (Lipinski definition) is 2. The molecule has 10 heteroatoms. The van der Waals surface area contributed by atoms with Crippen LogP contribution in [0.1, 0.15) is 50.6 Å². The fourth-order valence-corrected chi connectivity index (χ4v) is 4.88. The van der Waals surface area contributed by atoms with Gasteiger partial charge < -0.3 is 20.1 Å². The van der Waals surface area contributed by atoms with Gasteiger partial charge in [-0.25, -0.2) is 4.39 Å². The number of halogens is 1. The number of carbonyl (C=O) groups is 3. The predicted molar refractivity (Wildman–Crippen MR) is 130 cm³/mol. The Morgan fingerprint density at radius 2 is 1.92 bits per heavy atom. The molecule has 5 rings (SSSR count). The van der Waals surface area contributed by atoms with Crippen molar-refractivity contribution < 1.29 is 18.8 Å². The van der Waals surface area contributed by atoms with Crippen molar-refractivity contribution in [2.45, 2.75) is 32.0 Å². The molecule has 0 spiro atoms. The van der Waals surface area contributed by atoms with Gasteiger partial charge in [0.1, 0.15) is 11.5 Å². The van der Waals surface area contributed by atoms with E-state index in [-0.39, 0.29) is 47.7 Å². The van der Waals surface area contributed by atoms with Crippen molar-refractivity contribution in [1.29, 1.82) is 0 Å². The summed E-state index contributed by atoms with van der Waals surface area (Å²) in [5.74, 6) is -1.06. The second-order valence-electron chi connectivity index (χ2n) is 9.28. The zero-order valence-corrected chi connectivity index (χ0v) is 19.9.